The fourth-order valence-electron chi connectivity index (χ4n) is 1.92. The molecule has 1 N–H and O–H groups in total. The van der Waals surface area contributed by atoms with E-state index in [4.69, 9.17) is 0 Å². The second kappa shape index (κ2) is 6.28. The van der Waals surface area contributed by atoms with E-state index < -0.39 is 0 Å². The van der Waals surface area contributed by atoms with Gasteiger partial charge in [-0.15, -0.1) is 0 Å². The molecule has 3 nitrogen and oxygen atoms in total. The maximum Gasteiger partial charge on any atom is 0.163 e. The Morgan fingerprint density at radius 1 is 1.24 bits per heavy atom. The molecule has 1 aromatic carbocycles. The lowest BCUT2D eigenvalue weighted by molar-refractivity contribution is 0.101. The van der Waals surface area contributed by atoms with Crippen molar-refractivity contribution in [3.8, 4) is 5.75 Å². The van der Waals surface area contributed by atoms with Gasteiger partial charge in [0.2, 0.25) is 0 Å². The normalized spacial score (nSPS) is 10.3. The minimum absolute atomic E-state index is 0.0761. The highest BCUT2D eigenvalue weighted by Crippen LogP contribution is 2.25. The molecule has 0 heterocycles. The highest BCUT2D eigenvalue weighted by molar-refractivity contribution is 5.97. The van der Waals surface area contributed by atoms with Crippen LogP contribution in [0.3, 0.4) is 0 Å². The Kier molecular flexibility index (Phi) is 5.01. The van der Waals surface area contributed by atoms with Crippen molar-refractivity contribution in [1.82, 2.24) is 0 Å². The van der Waals surface area contributed by atoms with Crippen LogP contribution >= 0.6 is 0 Å². The van der Waals surface area contributed by atoms with Gasteiger partial charge >= 0.3 is 0 Å². The number of carbonyl (C=O) groups excluding carboxylic acids is 1. The van der Waals surface area contributed by atoms with Gasteiger partial charge in [0, 0.05) is 24.8 Å². The fraction of sp³-hybridized carbons (Fsp3) is 0.500. The van der Waals surface area contributed by atoms with E-state index in [1.165, 1.54) is 6.92 Å². The first-order valence-electron chi connectivity index (χ1n) is 6.19. The number of anilines is 1. The first-order valence-corrected chi connectivity index (χ1v) is 6.19. The molecule has 0 amide bonds. The van der Waals surface area contributed by atoms with Crippen LogP contribution in [-0.4, -0.2) is 24.0 Å². The molecule has 3 heteroatoms. The highest BCUT2D eigenvalue weighted by atomic mass is 16.3. The van der Waals surface area contributed by atoms with Gasteiger partial charge in [-0.25, -0.2) is 0 Å². The summed E-state index contributed by atoms with van der Waals surface area (Å²) in [7, 11) is 0. The van der Waals surface area contributed by atoms with Crippen molar-refractivity contribution < 1.29 is 9.90 Å². The molecule has 94 valence electrons. The predicted octanol–water partition coefficient (Wildman–Crippen LogP) is 3.22. The lowest BCUT2D eigenvalue weighted by Crippen LogP contribution is -2.24. The SMILES string of the molecule is CCCN(CCC)c1ccc(C(C)=O)c(O)c1. The van der Waals surface area contributed by atoms with Crippen LogP contribution in [-0.2, 0) is 0 Å². The van der Waals surface area contributed by atoms with E-state index in [1.54, 1.807) is 12.1 Å². The summed E-state index contributed by atoms with van der Waals surface area (Å²) in [5, 5.41) is 9.80. The molecule has 0 radical (unpaired) electrons. The number of carbonyl (C=O) groups is 1. The number of nitrogens with zero attached hydrogens (tertiary/aromatic N) is 1. The molecular weight excluding hydrogens is 214 g/mol. The van der Waals surface area contributed by atoms with Crippen LogP contribution in [0.25, 0.3) is 0 Å². The first-order chi connectivity index (χ1) is 8.10. The van der Waals surface area contributed by atoms with E-state index in [1.807, 2.05) is 6.07 Å². The van der Waals surface area contributed by atoms with Crippen LogP contribution in [0.15, 0.2) is 18.2 Å². The average molecular weight is 235 g/mol. The Hall–Kier alpha value is -1.51. The van der Waals surface area contributed by atoms with Gasteiger partial charge in [-0.1, -0.05) is 13.8 Å². The zero-order valence-corrected chi connectivity index (χ0v) is 10.9. The maximum absolute atomic E-state index is 11.2. The van der Waals surface area contributed by atoms with Crippen molar-refractivity contribution in [2.24, 2.45) is 0 Å². The minimum atomic E-state index is -0.105. The van der Waals surface area contributed by atoms with Crippen molar-refractivity contribution >= 4 is 11.5 Å². The van der Waals surface area contributed by atoms with E-state index in [9.17, 15) is 9.90 Å². The van der Waals surface area contributed by atoms with Crippen molar-refractivity contribution in [1.29, 1.82) is 0 Å². The lowest BCUT2D eigenvalue weighted by atomic mass is 10.1. The third-order valence-electron chi connectivity index (χ3n) is 2.71. The second-order valence-electron chi connectivity index (χ2n) is 4.24. The molecule has 0 saturated carbocycles. The topological polar surface area (TPSA) is 40.5 Å². The molecule has 0 aromatic heterocycles. The summed E-state index contributed by atoms with van der Waals surface area (Å²) in [6.45, 7) is 7.66. The molecule has 0 spiro atoms. The standard InChI is InChI=1S/C14H21NO2/c1-4-8-15(9-5-2)12-6-7-13(11(3)16)14(17)10-12/h6-7,10,17H,4-5,8-9H2,1-3H3. The highest BCUT2D eigenvalue weighted by Gasteiger charge is 2.10. The smallest absolute Gasteiger partial charge is 0.163 e. The molecule has 0 aliphatic rings. The van der Waals surface area contributed by atoms with Gasteiger partial charge in [-0.2, -0.15) is 0 Å². The molecule has 0 saturated heterocycles. The van der Waals surface area contributed by atoms with Crippen LogP contribution in [0.4, 0.5) is 5.69 Å². The van der Waals surface area contributed by atoms with Gasteiger partial charge in [0.25, 0.3) is 0 Å². The largest absolute Gasteiger partial charge is 0.507 e. The van der Waals surface area contributed by atoms with Gasteiger partial charge in [0.15, 0.2) is 5.78 Å². The Balaban J connectivity index is 2.97. The summed E-state index contributed by atoms with van der Waals surface area (Å²) >= 11 is 0. The maximum atomic E-state index is 11.2. The first kappa shape index (κ1) is 13.6. The third kappa shape index (κ3) is 3.48. The van der Waals surface area contributed by atoms with E-state index in [0.29, 0.717) is 5.56 Å². The monoisotopic (exact) mass is 235 g/mol. The lowest BCUT2D eigenvalue weighted by Gasteiger charge is -2.24. The minimum Gasteiger partial charge on any atom is -0.507 e. The van der Waals surface area contributed by atoms with Crippen molar-refractivity contribution in [3.63, 3.8) is 0 Å². The summed E-state index contributed by atoms with van der Waals surface area (Å²) in [5.41, 5.74) is 1.37. The van der Waals surface area contributed by atoms with Gasteiger partial charge in [-0.05, 0) is 31.9 Å². The number of ketones is 1. The van der Waals surface area contributed by atoms with E-state index in [2.05, 4.69) is 18.7 Å². The fourth-order valence-corrected chi connectivity index (χ4v) is 1.92. The molecular formula is C14H21NO2. The molecule has 0 fully saturated rings. The second-order valence-corrected chi connectivity index (χ2v) is 4.24. The van der Waals surface area contributed by atoms with E-state index >= 15 is 0 Å². The Bertz CT molecular complexity index is 382. The number of Topliss-reactive ketones (excluding diaryl/α,β-unsaturated/α-hetero) is 1. The van der Waals surface area contributed by atoms with Crippen molar-refractivity contribution in [3.05, 3.63) is 23.8 Å². The zero-order chi connectivity index (χ0) is 12.8. The third-order valence-corrected chi connectivity index (χ3v) is 2.71. The molecule has 0 bridgehead atoms. The number of hydrogen-bond acceptors (Lipinski definition) is 3. The van der Waals surface area contributed by atoms with E-state index in [-0.39, 0.29) is 11.5 Å². The number of hydrogen-bond donors (Lipinski definition) is 1. The van der Waals surface area contributed by atoms with Crippen LogP contribution in [0.2, 0.25) is 0 Å². The van der Waals surface area contributed by atoms with Crippen molar-refractivity contribution in [2.75, 3.05) is 18.0 Å². The van der Waals surface area contributed by atoms with Crippen LogP contribution in [0, 0.1) is 0 Å². The number of aromatic hydroxyl groups is 1. The number of rotatable bonds is 6. The van der Waals surface area contributed by atoms with Crippen LogP contribution < -0.4 is 4.90 Å². The van der Waals surface area contributed by atoms with Gasteiger partial charge in [0.05, 0.1) is 5.56 Å². The molecule has 17 heavy (non-hydrogen) atoms. The van der Waals surface area contributed by atoms with Crippen LogP contribution in [0.1, 0.15) is 44.0 Å². The van der Waals surface area contributed by atoms with Gasteiger partial charge < -0.3 is 10.0 Å². The summed E-state index contributed by atoms with van der Waals surface area (Å²) in [6, 6.07) is 5.29. The number of benzene rings is 1. The summed E-state index contributed by atoms with van der Waals surface area (Å²) in [6.07, 6.45) is 2.13. The summed E-state index contributed by atoms with van der Waals surface area (Å²) in [4.78, 5) is 13.5. The Labute approximate surface area is 103 Å². The average Bonchev–Trinajstić information content (AvgIpc) is 2.28. The molecule has 0 atom stereocenters. The summed E-state index contributed by atoms with van der Waals surface area (Å²) in [5.74, 6) is -0.0289. The molecule has 0 unspecified atom stereocenters. The van der Waals surface area contributed by atoms with E-state index in [0.717, 1.165) is 31.6 Å². The summed E-state index contributed by atoms with van der Waals surface area (Å²) < 4.78 is 0. The Morgan fingerprint density at radius 3 is 2.24 bits per heavy atom. The molecule has 0 aliphatic heterocycles. The van der Waals surface area contributed by atoms with Gasteiger partial charge in [-0.3, -0.25) is 4.79 Å². The Morgan fingerprint density at radius 2 is 1.82 bits per heavy atom. The van der Waals surface area contributed by atoms with Gasteiger partial charge in [0.1, 0.15) is 5.75 Å². The molecule has 0 aliphatic carbocycles. The predicted molar refractivity (Wildman–Crippen MR) is 70.9 cm³/mol. The zero-order valence-electron chi connectivity index (χ0n) is 10.9. The quantitative estimate of drug-likeness (QED) is 0.770. The van der Waals surface area contributed by atoms with Crippen molar-refractivity contribution in [2.45, 2.75) is 33.6 Å². The number of phenols is 1. The number of phenolic OH excluding ortho intramolecular Hbond substituents is 1. The molecule has 1 aromatic rings. The molecule has 1 rings (SSSR count). The van der Waals surface area contributed by atoms with Crippen LogP contribution in [0.5, 0.6) is 5.75 Å².